The van der Waals surface area contributed by atoms with Gasteiger partial charge in [-0.05, 0) is 35.9 Å². The van der Waals surface area contributed by atoms with Crippen molar-refractivity contribution < 1.29 is 4.74 Å². The summed E-state index contributed by atoms with van der Waals surface area (Å²) in [6.07, 6.45) is 4.20. The molecule has 3 aromatic rings. The summed E-state index contributed by atoms with van der Waals surface area (Å²) >= 11 is 3.56. The van der Waals surface area contributed by atoms with Crippen molar-refractivity contribution >= 4 is 21.6 Å². The SMILES string of the molecule is Brc1cccc(C2=NN3[C@H](C2)c2ccccc2O[C@@H]3c2ccncc2)c1. The van der Waals surface area contributed by atoms with Crippen LogP contribution in [0.1, 0.15) is 35.4 Å². The summed E-state index contributed by atoms with van der Waals surface area (Å²) in [6.45, 7) is 0. The molecular weight excluding hydrogens is 390 g/mol. The number of fused-ring (bicyclic) bond motifs is 3. The number of hydrogen-bond donors (Lipinski definition) is 0. The molecule has 0 fully saturated rings. The van der Waals surface area contributed by atoms with E-state index in [2.05, 4.69) is 50.2 Å². The summed E-state index contributed by atoms with van der Waals surface area (Å²) < 4.78 is 7.38. The summed E-state index contributed by atoms with van der Waals surface area (Å²) in [5.74, 6) is 0.932. The van der Waals surface area contributed by atoms with E-state index in [1.165, 1.54) is 5.56 Å². The summed E-state index contributed by atoms with van der Waals surface area (Å²) in [4.78, 5) is 4.13. The number of benzene rings is 2. The Kier molecular flexibility index (Phi) is 3.75. The molecule has 26 heavy (non-hydrogen) atoms. The van der Waals surface area contributed by atoms with E-state index in [9.17, 15) is 0 Å². The van der Waals surface area contributed by atoms with Gasteiger partial charge in [0.2, 0.25) is 6.23 Å². The number of hydrazone groups is 1. The van der Waals surface area contributed by atoms with Gasteiger partial charge in [-0.25, -0.2) is 5.01 Å². The van der Waals surface area contributed by atoms with E-state index in [0.29, 0.717) is 0 Å². The van der Waals surface area contributed by atoms with Gasteiger partial charge in [0.15, 0.2) is 0 Å². The van der Waals surface area contributed by atoms with Crippen LogP contribution >= 0.6 is 15.9 Å². The van der Waals surface area contributed by atoms with E-state index in [0.717, 1.165) is 33.5 Å². The van der Waals surface area contributed by atoms with Crippen LogP contribution in [0.25, 0.3) is 0 Å². The van der Waals surface area contributed by atoms with E-state index in [-0.39, 0.29) is 12.3 Å². The van der Waals surface area contributed by atoms with Crippen molar-refractivity contribution in [2.24, 2.45) is 5.10 Å². The summed E-state index contributed by atoms with van der Waals surface area (Å²) in [7, 11) is 0. The molecule has 0 aliphatic carbocycles. The van der Waals surface area contributed by atoms with E-state index in [1.807, 2.05) is 36.4 Å². The van der Waals surface area contributed by atoms with Crippen molar-refractivity contribution in [1.29, 1.82) is 0 Å². The van der Waals surface area contributed by atoms with Gasteiger partial charge in [0.1, 0.15) is 5.75 Å². The van der Waals surface area contributed by atoms with Gasteiger partial charge in [-0.1, -0.05) is 46.3 Å². The van der Waals surface area contributed by atoms with Gasteiger partial charge in [0, 0.05) is 34.4 Å². The zero-order chi connectivity index (χ0) is 17.5. The van der Waals surface area contributed by atoms with Crippen molar-refractivity contribution in [2.45, 2.75) is 18.7 Å². The van der Waals surface area contributed by atoms with Gasteiger partial charge in [0.05, 0.1) is 11.8 Å². The van der Waals surface area contributed by atoms with Crippen LogP contribution in [0.2, 0.25) is 0 Å². The molecule has 2 aromatic carbocycles. The minimum Gasteiger partial charge on any atom is -0.464 e. The van der Waals surface area contributed by atoms with Crippen LogP contribution in [0.3, 0.4) is 0 Å². The van der Waals surface area contributed by atoms with E-state index in [1.54, 1.807) is 12.4 Å². The Bertz CT molecular complexity index is 989. The second-order valence-electron chi connectivity index (χ2n) is 6.45. The smallest absolute Gasteiger partial charge is 0.213 e. The number of hydrogen-bond acceptors (Lipinski definition) is 4. The van der Waals surface area contributed by atoms with Gasteiger partial charge in [-0.15, -0.1) is 0 Å². The Balaban J connectivity index is 1.60. The monoisotopic (exact) mass is 405 g/mol. The summed E-state index contributed by atoms with van der Waals surface area (Å²) in [5.41, 5.74) is 4.46. The molecule has 5 rings (SSSR count). The minimum absolute atomic E-state index is 0.173. The average Bonchev–Trinajstić information content (AvgIpc) is 3.14. The number of aromatic nitrogens is 1. The van der Waals surface area contributed by atoms with E-state index in [4.69, 9.17) is 9.84 Å². The zero-order valence-electron chi connectivity index (χ0n) is 13.9. The predicted molar refractivity (Wildman–Crippen MR) is 104 cm³/mol. The van der Waals surface area contributed by atoms with Gasteiger partial charge in [0.25, 0.3) is 0 Å². The number of rotatable bonds is 2. The molecule has 0 spiro atoms. The van der Waals surface area contributed by atoms with Crippen LogP contribution in [0.15, 0.2) is 82.6 Å². The third-order valence-electron chi connectivity index (χ3n) is 4.85. The van der Waals surface area contributed by atoms with Crippen LogP contribution in [0.5, 0.6) is 5.75 Å². The number of nitrogens with zero attached hydrogens (tertiary/aromatic N) is 3. The Morgan fingerprint density at radius 2 is 1.85 bits per heavy atom. The zero-order valence-corrected chi connectivity index (χ0v) is 15.5. The predicted octanol–water partition coefficient (Wildman–Crippen LogP) is 5.09. The van der Waals surface area contributed by atoms with Gasteiger partial charge in [-0.2, -0.15) is 5.10 Å². The maximum atomic E-state index is 6.32. The molecular formula is C21H16BrN3O. The number of para-hydroxylation sites is 1. The second kappa shape index (κ2) is 6.25. The maximum Gasteiger partial charge on any atom is 0.213 e. The average molecular weight is 406 g/mol. The lowest BCUT2D eigenvalue weighted by molar-refractivity contribution is -0.0190. The van der Waals surface area contributed by atoms with Gasteiger partial charge in [-0.3, -0.25) is 4.98 Å². The highest BCUT2D eigenvalue weighted by Crippen LogP contribution is 2.47. The molecule has 0 radical (unpaired) electrons. The fraction of sp³-hybridized carbons (Fsp3) is 0.143. The minimum atomic E-state index is -0.248. The largest absolute Gasteiger partial charge is 0.464 e. The van der Waals surface area contributed by atoms with Crippen LogP contribution in [0.4, 0.5) is 0 Å². The highest BCUT2D eigenvalue weighted by molar-refractivity contribution is 9.10. The Morgan fingerprint density at radius 3 is 2.69 bits per heavy atom. The van der Waals surface area contributed by atoms with E-state index < -0.39 is 0 Å². The molecule has 5 heteroatoms. The molecule has 4 nitrogen and oxygen atoms in total. The molecule has 0 N–H and O–H groups in total. The lowest BCUT2D eigenvalue weighted by atomic mass is 9.96. The van der Waals surface area contributed by atoms with Crippen molar-refractivity contribution in [2.75, 3.05) is 0 Å². The molecule has 0 saturated carbocycles. The quantitative estimate of drug-likeness (QED) is 0.595. The highest BCUT2D eigenvalue weighted by Gasteiger charge is 2.40. The molecule has 0 amide bonds. The molecule has 0 saturated heterocycles. The number of pyridine rings is 1. The first-order chi connectivity index (χ1) is 12.8. The fourth-order valence-corrected chi connectivity index (χ4v) is 4.02. The van der Waals surface area contributed by atoms with E-state index >= 15 is 0 Å². The van der Waals surface area contributed by atoms with Crippen molar-refractivity contribution in [3.8, 4) is 5.75 Å². The normalized spacial score (nSPS) is 20.8. The van der Waals surface area contributed by atoms with Crippen molar-refractivity contribution in [1.82, 2.24) is 9.99 Å². The first kappa shape index (κ1) is 15.6. The molecule has 0 bridgehead atoms. The molecule has 2 aliphatic heterocycles. The maximum absolute atomic E-state index is 6.32. The third-order valence-corrected chi connectivity index (χ3v) is 5.34. The van der Waals surface area contributed by atoms with Gasteiger partial charge < -0.3 is 4.74 Å². The van der Waals surface area contributed by atoms with Crippen molar-refractivity contribution in [3.63, 3.8) is 0 Å². The summed E-state index contributed by atoms with van der Waals surface area (Å²) in [6, 6.07) is 20.7. The fourth-order valence-electron chi connectivity index (χ4n) is 3.62. The van der Waals surface area contributed by atoms with Gasteiger partial charge >= 0.3 is 0 Å². The Hall–Kier alpha value is -2.66. The van der Waals surface area contributed by atoms with Crippen LogP contribution in [-0.2, 0) is 0 Å². The first-order valence-electron chi connectivity index (χ1n) is 8.57. The first-order valence-corrected chi connectivity index (χ1v) is 9.36. The number of ether oxygens (including phenoxy) is 1. The third kappa shape index (κ3) is 2.59. The molecule has 2 aliphatic rings. The Morgan fingerprint density at radius 1 is 1.00 bits per heavy atom. The molecule has 2 atom stereocenters. The topological polar surface area (TPSA) is 37.7 Å². The van der Waals surface area contributed by atoms with Crippen LogP contribution < -0.4 is 4.74 Å². The molecule has 0 unspecified atom stereocenters. The number of halogens is 1. The Labute approximate surface area is 160 Å². The molecule has 128 valence electrons. The van der Waals surface area contributed by atoms with Crippen LogP contribution in [-0.4, -0.2) is 15.7 Å². The molecule has 1 aromatic heterocycles. The lowest BCUT2D eigenvalue weighted by Gasteiger charge is -2.38. The van der Waals surface area contributed by atoms with Crippen LogP contribution in [0, 0.1) is 0 Å². The lowest BCUT2D eigenvalue weighted by Crippen LogP contribution is -2.33. The standard InChI is InChI=1S/C21H16BrN3O/c22-16-5-3-4-15(12-16)18-13-19-17-6-1-2-7-20(17)26-21(25(19)24-18)14-8-10-23-11-9-14/h1-12,19,21H,13H2/t19-,21-/m1/s1. The second-order valence-corrected chi connectivity index (χ2v) is 7.36. The summed E-state index contributed by atoms with van der Waals surface area (Å²) in [5, 5.41) is 7.05. The van der Waals surface area contributed by atoms with Crippen molar-refractivity contribution in [3.05, 3.63) is 94.2 Å². The highest BCUT2D eigenvalue weighted by atomic mass is 79.9. The molecule has 3 heterocycles.